The first-order chi connectivity index (χ1) is 11.3. The van der Waals surface area contributed by atoms with Crippen LogP contribution in [0.25, 0.3) is 0 Å². The van der Waals surface area contributed by atoms with E-state index in [-0.39, 0.29) is 0 Å². The molecule has 0 N–H and O–H groups in total. The molecule has 0 radical (unpaired) electrons. The number of rotatable bonds is 3. The number of halogens is 2. The normalized spacial score (nSPS) is 16.6. The van der Waals surface area contributed by atoms with E-state index in [0.29, 0.717) is 30.4 Å². The van der Waals surface area contributed by atoms with Crippen molar-refractivity contribution in [3.8, 4) is 0 Å². The Morgan fingerprint density at radius 3 is 2.33 bits per heavy atom. The van der Waals surface area contributed by atoms with Crippen molar-refractivity contribution in [1.29, 1.82) is 0 Å². The van der Waals surface area contributed by atoms with Gasteiger partial charge in [0.25, 0.3) is 10.0 Å². The molecule has 1 aromatic heterocycles. The van der Waals surface area contributed by atoms with Crippen molar-refractivity contribution in [1.82, 2.24) is 4.31 Å². The lowest BCUT2D eigenvalue weighted by Gasteiger charge is -2.36. The third kappa shape index (κ3) is 3.44. The second-order valence-electron chi connectivity index (χ2n) is 5.80. The molecule has 1 aromatic carbocycles. The van der Waals surface area contributed by atoms with Crippen LogP contribution in [-0.2, 0) is 10.0 Å². The third-order valence-corrected chi connectivity index (χ3v) is 9.98. The summed E-state index contributed by atoms with van der Waals surface area (Å²) in [7, 11) is -3.42. The fourth-order valence-corrected chi connectivity index (χ4v) is 7.23. The third-order valence-electron chi connectivity index (χ3n) is 4.37. The van der Waals surface area contributed by atoms with Gasteiger partial charge >= 0.3 is 0 Å². The van der Waals surface area contributed by atoms with Crippen molar-refractivity contribution in [2.45, 2.75) is 18.1 Å². The molecule has 0 amide bonds. The summed E-state index contributed by atoms with van der Waals surface area (Å²) < 4.78 is 29.1. The number of piperazine rings is 1. The summed E-state index contributed by atoms with van der Waals surface area (Å²) >= 11 is 7.97. The zero-order chi connectivity index (χ0) is 17.5. The number of hydrogen-bond acceptors (Lipinski definition) is 4. The standard InChI is InChI=1S/C16H18Br2N2O2S2/c1-11-4-3-5-14(12(11)2)19-6-8-20(9-7-19)24(21,22)15-10-13(17)16(18)23-15/h3-5,10H,6-9H2,1-2H3. The van der Waals surface area contributed by atoms with Crippen molar-refractivity contribution >= 4 is 58.9 Å². The largest absolute Gasteiger partial charge is 0.369 e. The minimum atomic E-state index is -3.42. The van der Waals surface area contributed by atoms with Crippen molar-refractivity contribution in [3.63, 3.8) is 0 Å². The van der Waals surface area contributed by atoms with Gasteiger partial charge in [-0.05, 0) is 69.0 Å². The van der Waals surface area contributed by atoms with Gasteiger partial charge in [-0.15, -0.1) is 11.3 Å². The van der Waals surface area contributed by atoms with E-state index in [4.69, 9.17) is 0 Å². The van der Waals surface area contributed by atoms with Gasteiger partial charge in [-0.25, -0.2) is 8.42 Å². The molecule has 0 saturated carbocycles. The zero-order valence-electron chi connectivity index (χ0n) is 13.4. The molecule has 2 heterocycles. The van der Waals surface area contributed by atoms with E-state index >= 15 is 0 Å². The maximum absolute atomic E-state index is 12.8. The lowest BCUT2D eigenvalue weighted by atomic mass is 10.1. The van der Waals surface area contributed by atoms with Gasteiger partial charge in [0.1, 0.15) is 4.21 Å². The zero-order valence-corrected chi connectivity index (χ0v) is 18.2. The van der Waals surface area contributed by atoms with Gasteiger partial charge in [-0.2, -0.15) is 4.31 Å². The van der Waals surface area contributed by atoms with Gasteiger partial charge in [-0.1, -0.05) is 12.1 Å². The van der Waals surface area contributed by atoms with Gasteiger partial charge in [0.2, 0.25) is 0 Å². The van der Waals surface area contributed by atoms with E-state index < -0.39 is 10.0 Å². The summed E-state index contributed by atoms with van der Waals surface area (Å²) in [6, 6.07) is 7.94. The molecule has 1 aliphatic rings. The highest BCUT2D eigenvalue weighted by molar-refractivity contribution is 9.13. The number of sulfonamides is 1. The van der Waals surface area contributed by atoms with Gasteiger partial charge in [-0.3, -0.25) is 0 Å². The summed E-state index contributed by atoms with van der Waals surface area (Å²) in [5.74, 6) is 0. The van der Waals surface area contributed by atoms with E-state index in [1.165, 1.54) is 28.2 Å². The predicted octanol–water partition coefficient (Wildman–Crippen LogP) is 4.40. The van der Waals surface area contributed by atoms with E-state index in [9.17, 15) is 8.42 Å². The molecule has 130 valence electrons. The van der Waals surface area contributed by atoms with E-state index in [1.807, 2.05) is 0 Å². The molecule has 1 aliphatic heterocycles. The second kappa shape index (κ2) is 7.07. The summed E-state index contributed by atoms with van der Waals surface area (Å²) in [5, 5.41) is 0. The predicted molar refractivity (Wildman–Crippen MR) is 107 cm³/mol. The van der Waals surface area contributed by atoms with Crippen LogP contribution in [0.3, 0.4) is 0 Å². The average molecular weight is 494 g/mol. The molecule has 1 fully saturated rings. The Labute approximate surface area is 163 Å². The highest BCUT2D eigenvalue weighted by Gasteiger charge is 2.30. The molecule has 0 bridgehead atoms. The molecule has 3 rings (SSSR count). The lowest BCUT2D eigenvalue weighted by molar-refractivity contribution is 0.385. The van der Waals surface area contributed by atoms with E-state index in [2.05, 4.69) is 68.8 Å². The maximum Gasteiger partial charge on any atom is 0.252 e. The Hall–Kier alpha value is -0.410. The minimum absolute atomic E-state index is 0.376. The van der Waals surface area contributed by atoms with Crippen molar-refractivity contribution in [2.75, 3.05) is 31.1 Å². The topological polar surface area (TPSA) is 40.6 Å². The van der Waals surface area contributed by atoms with Crippen LogP contribution in [-0.4, -0.2) is 38.9 Å². The highest BCUT2D eigenvalue weighted by Crippen LogP contribution is 2.36. The summed E-state index contributed by atoms with van der Waals surface area (Å²) in [5.41, 5.74) is 3.73. The number of anilines is 1. The quantitative estimate of drug-likeness (QED) is 0.636. The number of aryl methyl sites for hydroxylation is 1. The van der Waals surface area contributed by atoms with Crippen molar-refractivity contribution in [3.05, 3.63) is 43.7 Å². The maximum atomic E-state index is 12.8. The van der Waals surface area contributed by atoms with Crippen LogP contribution in [0.1, 0.15) is 11.1 Å². The molecule has 2 aromatic rings. The summed E-state index contributed by atoms with van der Waals surface area (Å²) in [4.78, 5) is 2.27. The number of thiophene rings is 1. The van der Waals surface area contributed by atoms with E-state index in [1.54, 1.807) is 10.4 Å². The van der Waals surface area contributed by atoms with Crippen molar-refractivity contribution in [2.24, 2.45) is 0 Å². The Morgan fingerprint density at radius 1 is 1.08 bits per heavy atom. The average Bonchev–Trinajstić information content (AvgIpc) is 2.90. The second-order valence-corrected chi connectivity index (χ2v) is 11.2. The SMILES string of the molecule is Cc1cccc(N2CCN(S(=O)(=O)c3cc(Br)c(Br)s3)CC2)c1C. The molecule has 24 heavy (non-hydrogen) atoms. The fraction of sp³-hybridized carbons (Fsp3) is 0.375. The highest BCUT2D eigenvalue weighted by atomic mass is 79.9. The van der Waals surface area contributed by atoms with Gasteiger partial charge in [0.05, 0.1) is 3.79 Å². The molecule has 1 saturated heterocycles. The molecule has 8 heteroatoms. The Kier molecular flexibility index (Phi) is 5.42. The first-order valence-corrected chi connectivity index (χ1v) is 11.4. The van der Waals surface area contributed by atoms with Gasteiger partial charge in [0, 0.05) is 36.3 Å². The first kappa shape index (κ1) is 18.4. The molecule has 4 nitrogen and oxygen atoms in total. The van der Waals surface area contributed by atoms with Crippen LogP contribution >= 0.6 is 43.2 Å². The molecule has 0 atom stereocenters. The number of benzene rings is 1. The number of nitrogens with zero attached hydrogens (tertiary/aromatic N) is 2. The van der Waals surface area contributed by atoms with Crippen LogP contribution in [0.5, 0.6) is 0 Å². The van der Waals surface area contributed by atoms with Crippen LogP contribution < -0.4 is 4.90 Å². The van der Waals surface area contributed by atoms with Crippen LogP contribution in [0, 0.1) is 13.8 Å². The summed E-state index contributed by atoms with van der Waals surface area (Å²) in [6.07, 6.45) is 0. The Balaban J connectivity index is 1.76. The molecular formula is C16H18Br2N2O2S2. The molecule has 0 aliphatic carbocycles. The number of hydrogen-bond donors (Lipinski definition) is 0. The van der Waals surface area contributed by atoms with E-state index in [0.717, 1.165) is 8.26 Å². The van der Waals surface area contributed by atoms with Crippen molar-refractivity contribution < 1.29 is 8.42 Å². The fourth-order valence-electron chi connectivity index (χ4n) is 2.83. The molecular weight excluding hydrogens is 476 g/mol. The monoisotopic (exact) mass is 492 g/mol. The lowest BCUT2D eigenvalue weighted by Crippen LogP contribution is -2.48. The Bertz CT molecular complexity index is 837. The first-order valence-electron chi connectivity index (χ1n) is 7.57. The van der Waals surface area contributed by atoms with Crippen LogP contribution in [0.4, 0.5) is 5.69 Å². The Morgan fingerprint density at radius 2 is 1.75 bits per heavy atom. The smallest absolute Gasteiger partial charge is 0.252 e. The van der Waals surface area contributed by atoms with Crippen LogP contribution in [0.2, 0.25) is 0 Å². The van der Waals surface area contributed by atoms with Gasteiger partial charge < -0.3 is 4.90 Å². The summed E-state index contributed by atoms with van der Waals surface area (Å²) in [6.45, 7) is 6.64. The van der Waals surface area contributed by atoms with Gasteiger partial charge in [0.15, 0.2) is 0 Å². The molecule has 0 unspecified atom stereocenters. The minimum Gasteiger partial charge on any atom is -0.369 e. The molecule has 0 spiro atoms. The van der Waals surface area contributed by atoms with Crippen LogP contribution in [0.15, 0.2) is 36.7 Å².